The molecular weight excluding hydrogens is 447 g/mol. The zero-order valence-corrected chi connectivity index (χ0v) is 18.7. The van der Waals surface area contributed by atoms with E-state index in [0.29, 0.717) is 13.2 Å². The lowest BCUT2D eigenvalue weighted by molar-refractivity contribution is 0.149. The minimum Gasteiger partial charge on any atom is -0.369 e. The average molecular weight is 469 g/mol. The second kappa shape index (κ2) is 11.4. The third-order valence-corrected chi connectivity index (χ3v) is 5.32. The van der Waals surface area contributed by atoms with Crippen LogP contribution in [-0.2, 0) is 22.7 Å². The predicted octanol–water partition coefficient (Wildman–Crippen LogP) is 4.15. The van der Waals surface area contributed by atoms with Crippen LogP contribution >= 0.6 is 23.2 Å². The van der Waals surface area contributed by atoms with E-state index in [1.165, 1.54) is 12.2 Å². The van der Waals surface area contributed by atoms with Crippen LogP contribution in [-0.4, -0.2) is 34.6 Å². The Morgan fingerprint density at radius 1 is 0.656 bits per heavy atom. The SMILES string of the molecule is OC1(C#CCOCc2ccccc2)C=C(Cl)C(O)(C#CCOCc2ccccc2)C=C1Cl. The van der Waals surface area contributed by atoms with E-state index in [1.54, 1.807) is 0 Å². The summed E-state index contributed by atoms with van der Waals surface area (Å²) in [5.74, 6) is 10.7. The van der Waals surface area contributed by atoms with E-state index < -0.39 is 11.2 Å². The van der Waals surface area contributed by atoms with E-state index in [-0.39, 0.29) is 23.3 Å². The quantitative estimate of drug-likeness (QED) is 0.493. The Labute approximate surface area is 198 Å². The Hall–Kier alpha value is -2.54. The van der Waals surface area contributed by atoms with Gasteiger partial charge in [0, 0.05) is 0 Å². The molecule has 0 aromatic heterocycles. The van der Waals surface area contributed by atoms with Crippen LogP contribution in [0.4, 0.5) is 0 Å². The molecule has 1 aliphatic rings. The summed E-state index contributed by atoms with van der Waals surface area (Å²) < 4.78 is 11.0. The zero-order chi connectivity index (χ0) is 22.9. The molecule has 0 amide bonds. The van der Waals surface area contributed by atoms with Crippen molar-refractivity contribution in [3.05, 3.63) is 94.0 Å². The fraction of sp³-hybridized carbons (Fsp3) is 0.231. The Morgan fingerprint density at radius 2 is 1.03 bits per heavy atom. The van der Waals surface area contributed by atoms with Crippen molar-refractivity contribution in [3.8, 4) is 23.7 Å². The van der Waals surface area contributed by atoms with Crippen LogP contribution in [0, 0.1) is 23.7 Å². The third-order valence-electron chi connectivity index (χ3n) is 4.53. The Kier molecular flexibility index (Phi) is 8.56. The molecule has 2 aromatic rings. The van der Waals surface area contributed by atoms with E-state index in [2.05, 4.69) is 23.7 Å². The highest BCUT2D eigenvalue weighted by Crippen LogP contribution is 2.37. The van der Waals surface area contributed by atoms with Gasteiger partial charge in [0.15, 0.2) is 11.2 Å². The van der Waals surface area contributed by atoms with Crippen molar-refractivity contribution in [2.24, 2.45) is 0 Å². The largest absolute Gasteiger partial charge is 0.369 e. The molecule has 0 heterocycles. The van der Waals surface area contributed by atoms with Crippen molar-refractivity contribution in [1.29, 1.82) is 0 Å². The standard InChI is InChI=1S/C26H22Cl2O4/c27-23-18-26(30,14-8-16-32-20-22-11-5-2-6-12-22)24(28)17-25(23,29)13-7-15-31-19-21-9-3-1-4-10-21/h1-6,9-12,17-18,29-30H,15-16,19-20H2. The number of aliphatic hydroxyl groups is 2. The molecule has 0 bridgehead atoms. The summed E-state index contributed by atoms with van der Waals surface area (Å²) in [4.78, 5) is 0. The number of hydrogen-bond donors (Lipinski definition) is 2. The summed E-state index contributed by atoms with van der Waals surface area (Å²) in [7, 11) is 0. The summed E-state index contributed by atoms with van der Waals surface area (Å²) >= 11 is 12.4. The molecule has 3 rings (SSSR count). The van der Waals surface area contributed by atoms with E-state index >= 15 is 0 Å². The molecular formula is C26H22Cl2O4. The monoisotopic (exact) mass is 468 g/mol. The molecule has 0 radical (unpaired) electrons. The van der Waals surface area contributed by atoms with Gasteiger partial charge in [0.2, 0.25) is 0 Å². The van der Waals surface area contributed by atoms with Crippen LogP contribution < -0.4 is 0 Å². The first-order chi connectivity index (χ1) is 15.4. The topological polar surface area (TPSA) is 58.9 Å². The second-order valence-corrected chi connectivity index (χ2v) is 7.89. The van der Waals surface area contributed by atoms with E-state index in [0.717, 1.165) is 11.1 Å². The minimum absolute atomic E-state index is 0.0929. The fourth-order valence-corrected chi connectivity index (χ4v) is 3.37. The first kappa shape index (κ1) is 24.1. The van der Waals surface area contributed by atoms with Crippen LogP contribution in [0.5, 0.6) is 0 Å². The second-order valence-electron chi connectivity index (χ2n) is 7.08. The summed E-state index contributed by atoms with van der Waals surface area (Å²) in [5.41, 5.74) is -1.62. The Morgan fingerprint density at radius 3 is 1.41 bits per heavy atom. The molecule has 6 heteroatoms. The highest BCUT2D eigenvalue weighted by atomic mass is 35.5. The zero-order valence-electron chi connectivity index (χ0n) is 17.2. The van der Waals surface area contributed by atoms with E-state index in [1.807, 2.05) is 60.7 Å². The maximum atomic E-state index is 10.7. The Balaban J connectivity index is 1.56. The maximum absolute atomic E-state index is 10.7. The van der Waals surface area contributed by atoms with Gasteiger partial charge in [-0.3, -0.25) is 0 Å². The average Bonchev–Trinajstić information content (AvgIpc) is 2.79. The van der Waals surface area contributed by atoms with Crippen molar-refractivity contribution in [2.45, 2.75) is 24.4 Å². The molecule has 2 atom stereocenters. The predicted molar refractivity (Wildman–Crippen MR) is 126 cm³/mol. The number of ether oxygens (including phenoxy) is 2. The van der Waals surface area contributed by atoms with Crippen LogP contribution in [0.1, 0.15) is 11.1 Å². The van der Waals surface area contributed by atoms with Crippen LogP contribution in [0.25, 0.3) is 0 Å². The van der Waals surface area contributed by atoms with Crippen LogP contribution in [0.3, 0.4) is 0 Å². The first-order valence-electron chi connectivity index (χ1n) is 9.87. The van der Waals surface area contributed by atoms with Gasteiger partial charge in [-0.15, -0.1) is 0 Å². The van der Waals surface area contributed by atoms with Gasteiger partial charge in [0.1, 0.15) is 13.2 Å². The molecule has 0 aliphatic heterocycles. The van der Waals surface area contributed by atoms with Gasteiger partial charge in [0.05, 0.1) is 23.3 Å². The summed E-state index contributed by atoms with van der Waals surface area (Å²) in [5, 5.41) is 21.2. The molecule has 0 saturated carbocycles. The maximum Gasteiger partial charge on any atom is 0.181 e. The number of benzene rings is 2. The number of rotatable bonds is 6. The van der Waals surface area contributed by atoms with Gasteiger partial charge >= 0.3 is 0 Å². The van der Waals surface area contributed by atoms with Crippen molar-refractivity contribution < 1.29 is 19.7 Å². The molecule has 0 spiro atoms. The fourth-order valence-electron chi connectivity index (χ4n) is 2.85. The van der Waals surface area contributed by atoms with Gasteiger partial charge in [-0.2, -0.15) is 0 Å². The molecule has 2 aromatic carbocycles. The molecule has 4 nitrogen and oxygen atoms in total. The van der Waals surface area contributed by atoms with Crippen molar-refractivity contribution in [2.75, 3.05) is 13.2 Å². The summed E-state index contributed by atoms with van der Waals surface area (Å²) in [6, 6.07) is 19.3. The van der Waals surface area contributed by atoms with E-state index in [9.17, 15) is 10.2 Å². The van der Waals surface area contributed by atoms with Gasteiger partial charge < -0.3 is 19.7 Å². The lowest BCUT2D eigenvalue weighted by Gasteiger charge is -2.29. The van der Waals surface area contributed by atoms with Crippen LogP contribution in [0.2, 0.25) is 0 Å². The Bertz CT molecular complexity index is 1000. The van der Waals surface area contributed by atoms with Gasteiger partial charge in [-0.25, -0.2) is 0 Å². The molecule has 2 N–H and O–H groups in total. The highest BCUT2D eigenvalue weighted by Gasteiger charge is 2.39. The molecule has 0 fully saturated rings. The minimum atomic E-state index is -1.83. The number of halogens is 2. The lowest BCUT2D eigenvalue weighted by Crippen LogP contribution is -2.36. The molecule has 0 saturated heterocycles. The van der Waals surface area contributed by atoms with E-state index in [4.69, 9.17) is 32.7 Å². The molecule has 32 heavy (non-hydrogen) atoms. The van der Waals surface area contributed by atoms with Crippen LogP contribution in [0.15, 0.2) is 82.9 Å². The smallest absolute Gasteiger partial charge is 0.181 e. The highest BCUT2D eigenvalue weighted by molar-refractivity contribution is 6.34. The van der Waals surface area contributed by atoms with Crippen molar-refractivity contribution >= 4 is 23.2 Å². The van der Waals surface area contributed by atoms with Crippen molar-refractivity contribution in [3.63, 3.8) is 0 Å². The summed E-state index contributed by atoms with van der Waals surface area (Å²) in [6.45, 7) is 0.983. The first-order valence-corrected chi connectivity index (χ1v) is 10.6. The van der Waals surface area contributed by atoms with Gasteiger partial charge in [0.25, 0.3) is 0 Å². The number of hydrogen-bond acceptors (Lipinski definition) is 4. The molecule has 1 aliphatic carbocycles. The molecule has 164 valence electrons. The van der Waals surface area contributed by atoms with Gasteiger partial charge in [-0.05, 0) is 23.3 Å². The third kappa shape index (κ3) is 6.73. The van der Waals surface area contributed by atoms with Crippen molar-refractivity contribution in [1.82, 2.24) is 0 Å². The summed E-state index contributed by atoms with van der Waals surface area (Å²) in [6.07, 6.45) is 2.36. The normalized spacial score (nSPS) is 22.0. The molecule has 2 unspecified atom stereocenters. The van der Waals surface area contributed by atoms with Gasteiger partial charge in [-0.1, -0.05) is 108 Å². The lowest BCUT2D eigenvalue weighted by atomic mass is 9.89.